The molecule has 1 aliphatic rings. The van der Waals surface area contributed by atoms with Crippen LogP contribution in [0.25, 0.3) is 0 Å². The molecular weight excluding hydrogens is 326 g/mol. The molecular formula is C13H20BrN3O3. The molecule has 6 nitrogen and oxygen atoms in total. The summed E-state index contributed by atoms with van der Waals surface area (Å²) < 4.78 is 7.08. The summed E-state index contributed by atoms with van der Waals surface area (Å²) in [7, 11) is 0. The molecule has 0 aliphatic carbocycles. The molecule has 2 rings (SSSR count). The van der Waals surface area contributed by atoms with Crippen LogP contribution in [0.2, 0.25) is 0 Å². The lowest BCUT2D eigenvalue weighted by Crippen LogP contribution is -2.37. The molecule has 1 atom stereocenters. The highest BCUT2D eigenvalue weighted by Crippen LogP contribution is 2.21. The van der Waals surface area contributed by atoms with E-state index in [9.17, 15) is 9.90 Å². The van der Waals surface area contributed by atoms with Crippen LogP contribution in [0.1, 0.15) is 26.2 Å². The minimum atomic E-state index is -0.865. The van der Waals surface area contributed by atoms with Gasteiger partial charge in [-0.05, 0) is 22.4 Å². The number of aromatic nitrogens is 2. The summed E-state index contributed by atoms with van der Waals surface area (Å²) in [4.78, 5) is 12.1. The second kappa shape index (κ2) is 6.69. The minimum absolute atomic E-state index is 0.155. The van der Waals surface area contributed by atoms with Gasteiger partial charge in [0.25, 0.3) is 5.56 Å². The van der Waals surface area contributed by atoms with Crippen LogP contribution in [0.4, 0.5) is 5.69 Å². The number of hydrogen-bond donors (Lipinski definition) is 2. The van der Waals surface area contributed by atoms with E-state index in [0.29, 0.717) is 42.9 Å². The van der Waals surface area contributed by atoms with Gasteiger partial charge in [0.2, 0.25) is 0 Å². The van der Waals surface area contributed by atoms with Crippen molar-refractivity contribution in [3.8, 4) is 0 Å². The summed E-state index contributed by atoms with van der Waals surface area (Å²) in [6.45, 7) is 3.91. The van der Waals surface area contributed by atoms with Crippen molar-refractivity contribution in [2.24, 2.45) is 0 Å². The molecule has 0 bridgehead atoms. The van der Waals surface area contributed by atoms with Crippen molar-refractivity contribution in [1.29, 1.82) is 0 Å². The predicted molar refractivity (Wildman–Crippen MR) is 80.0 cm³/mol. The lowest BCUT2D eigenvalue weighted by molar-refractivity contribution is 0.0382. The van der Waals surface area contributed by atoms with Crippen molar-refractivity contribution < 1.29 is 9.84 Å². The largest absolute Gasteiger partial charge is 0.386 e. The Morgan fingerprint density at radius 2 is 2.45 bits per heavy atom. The zero-order valence-electron chi connectivity index (χ0n) is 11.6. The molecule has 1 saturated heterocycles. The Labute approximate surface area is 126 Å². The first kappa shape index (κ1) is 15.5. The molecule has 1 aliphatic heterocycles. The fourth-order valence-corrected chi connectivity index (χ4v) is 2.50. The van der Waals surface area contributed by atoms with Crippen molar-refractivity contribution in [3.05, 3.63) is 21.0 Å². The smallest absolute Gasteiger partial charge is 0.283 e. The van der Waals surface area contributed by atoms with Gasteiger partial charge in [-0.3, -0.25) is 4.79 Å². The first-order chi connectivity index (χ1) is 9.56. The number of halogens is 1. The summed E-state index contributed by atoms with van der Waals surface area (Å²) in [6.07, 6.45) is 4.14. The standard InChI is InChI=1S/C13H20BrN3O3/c1-2-3-5-17-12(18)11(14)10(7-16-17)15-8-13(19)4-6-20-9-13/h7,15,19H,2-6,8-9H2,1H3. The maximum atomic E-state index is 12.1. The Bertz CT molecular complexity index is 512. The number of rotatable bonds is 6. The highest BCUT2D eigenvalue weighted by molar-refractivity contribution is 9.10. The molecule has 20 heavy (non-hydrogen) atoms. The maximum absolute atomic E-state index is 12.1. The van der Waals surface area contributed by atoms with Crippen LogP contribution in [0, 0.1) is 0 Å². The molecule has 0 radical (unpaired) electrons. The van der Waals surface area contributed by atoms with E-state index in [0.717, 1.165) is 12.8 Å². The summed E-state index contributed by atoms with van der Waals surface area (Å²) in [5.41, 5.74) is -0.419. The SMILES string of the molecule is CCCCn1ncc(NCC2(O)CCOC2)c(Br)c1=O. The summed E-state index contributed by atoms with van der Waals surface area (Å²) >= 11 is 3.30. The van der Waals surface area contributed by atoms with Gasteiger partial charge < -0.3 is 15.2 Å². The van der Waals surface area contributed by atoms with Crippen LogP contribution in [-0.4, -0.2) is 40.2 Å². The van der Waals surface area contributed by atoms with E-state index in [2.05, 4.69) is 33.3 Å². The molecule has 112 valence electrons. The van der Waals surface area contributed by atoms with Crippen molar-refractivity contribution >= 4 is 21.6 Å². The molecule has 1 unspecified atom stereocenters. The van der Waals surface area contributed by atoms with Gasteiger partial charge in [-0.1, -0.05) is 13.3 Å². The van der Waals surface area contributed by atoms with E-state index in [4.69, 9.17) is 4.74 Å². The maximum Gasteiger partial charge on any atom is 0.283 e. The highest BCUT2D eigenvalue weighted by atomic mass is 79.9. The quantitative estimate of drug-likeness (QED) is 0.814. The molecule has 0 amide bonds. The van der Waals surface area contributed by atoms with Crippen LogP contribution < -0.4 is 10.9 Å². The lowest BCUT2D eigenvalue weighted by Gasteiger charge is -2.21. The third-order valence-corrected chi connectivity index (χ3v) is 4.17. The Hall–Kier alpha value is -0.920. The van der Waals surface area contributed by atoms with Crippen molar-refractivity contribution in [2.45, 2.75) is 38.3 Å². The topological polar surface area (TPSA) is 76.4 Å². The number of aliphatic hydroxyl groups is 1. The molecule has 1 fully saturated rings. The van der Waals surface area contributed by atoms with Gasteiger partial charge in [-0.25, -0.2) is 4.68 Å². The Kier molecular flexibility index (Phi) is 5.17. The van der Waals surface area contributed by atoms with Gasteiger partial charge in [0.15, 0.2) is 0 Å². The number of unbranched alkanes of at least 4 members (excludes halogenated alkanes) is 1. The predicted octanol–water partition coefficient (Wildman–Crippen LogP) is 1.37. The minimum Gasteiger partial charge on any atom is -0.386 e. The second-order valence-electron chi connectivity index (χ2n) is 5.13. The normalized spacial score (nSPS) is 22.1. The average Bonchev–Trinajstić information content (AvgIpc) is 2.87. The van der Waals surface area contributed by atoms with E-state index in [1.54, 1.807) is 6.20 Å². The average molecular weight is 346 g/mol. The van der Waals surface area contributed by atoms with Crippen LogP contribution in [0.3, 0.4) is 0 Å². The van der Waals surface area contributed by atoms with Crippen molar-refractivity contribution in [3.63, 3.8) is 0 Å². The molecule has 0 saturated carbocycles. The number of ether oxygens (including phenoxy) is 1. The number of hydrogen-bond acceptors (Lipinski definition) is 5. The van der Waals surface area contributed by atoms with Gasteiger partial charge in [0.1, 0.15) is 10.1 Å². The lowest BCUT2D eigenvalue weighted by atomic mass is 10.0. The highest BCUT2D eigenvalue weighted by Gasteiger charge is 2.32. The third-order valence-electron chi connectivity index (χ3n) is 3.40. The van der Waals surface area contributed by atoms with E-state index < -0.39 is 5.60 Å². The van der Waals surface area contributed by atoms with E-state index in [-0.39, 0.29) is 5.56 Å². The molecule has 0 aromatic carbocycles. The summed E-state index contributed by atoms with van der Waals surface area (Å²) in [6, 6.07) is 0. The monoisotopic (exact) mass is 345 g/mol. The Morgan fingerprint density at radius 1 is 1.65 bits per heavy atom. The number of nitrogens with one attached hydrogen (secondary N) is 1. The van der Waals surface area contributed by atoms with Gasteiger partial charge >= 0.3 is 0 Å². The molecule has 7 heteroatoms. The Morgan fingerprint density at radius 3 is 3.10 bits per heavy atom. The second-order valence-corrected chi connectivity index (χ2v) is 5.93. The van der Waals surface area contributed by atoms with E-state index in [1.807, 2.05) is 0 Å². The fourth-order valence-electron chi connectivity index (χ4n) is 2.05. The Balaban J connectivity index is 2.05. The molecule has 1 aromatic rings. The van der Waals surface area contributed by atoms with Crippen molar-refractivity contribution in [1.82, 2.24) is 9.78 Å². The zero-order chi connectivity index (χ0) is 14.6. The number of nitrogens with zero attached hydrogens (tertiary/aromatic N) is 2. The summed E-state index contributed by atoms with van der Waals surface area (Å²) in [5, 5.41) is 17.4. The van der Waals surface area contributed by atoms with Gasteiger partial charge in [0.05, 0.1) is 18.5 Å². The molecule has 2 heterocycles. The number of aryl methyl sites for hydroxylation is 1. The molecule has 2 N–H and O–H groups in total. The summed E-state index contributed by atoms with van der Waals surface area (Å²) in [5.74, 6) is 0. The zero-order valence-corrected chi connectivity index (χ0v) is 13.1. The van der Waals surface area contributed by atoms with Crippen LogP contribution in [-0.2, 0) is 11.3 Å². The van der Waals surface area contributed by atoms with Gasteiger partial charge in [0, 0.05) is 26.1 Å². The molecule has 1 aromatic heterocycles. The van der Waals surface area contributed by atoms with E-state index in [1.165, 1.54) is 4.68 Å². The third kappa shape index (κ3) is 3.59. The van der Waals surface area contributed by atoms with Crippen molar-refractivity contribution in [2.75, 3.05) is 25.1 Å². The van der Waals surface area contributed by atoms with Gasteiger partial charge in [-0.15, -0.1) is 0 Å². The number of anilines is 1. The van der Waals surface area contributed by atoms with Crippen LogP contribution in [0.5, 0.6) is 0 Å². The first-order valence-electron chi connectivity index (χ1n) is 6.85. The van der Waals surface area contributed by atoms with Crippen LogP contribution in [0.15, 0.2) is 15.5 Å². The van der Waals surface area contributed by atoms with E-state index >= 15 is 0 Å². The van der Waals surface area contributed by atoms with Gasteiger partial charge in [-0.2, -0.15) is 5.10 Å². The fraction of sp³-hybridized carbons (Fsp3) is 0.692. The first-order valence-corrected chi connectivity index (χ1v) is 7.65. The van der Waals surface area contributed by atoms with Crippen LogP contribution >= 0.6 is 15.9 Å². The molecule has 0 spiro atoms.